The van der Waals surface area contributed by atoms with Crippen LogP contribution in [0.15, 0.2) is 23.6 Å². The van der Waals surface area contributed by atoms with Crippen LogP contribution in [0.1, 0.15) is 0 Å². The fraction of sp³-hybridized carbons (Fsp3) is 0.143. The Morgan fingerprint density at radius 2 is 2.36 bits per heavy atom. The minimum atomic E-state index is -1.15. The summed E-state index contributed by atoms with van der Waals surface area (Å²) < 4.78 is 0. The van der Waals surface area contributed by atoms with Crippen molar-refractivity contribution >= 4 is 23.3 Å². The molecule has 0 unspecified atom stereocenters. The van der Waals surface area contributed by atoms with E-state index in [1.54, 1.807) is 0 Å². The highest BCUT2D eigenvalue weighted by Crippen LogP contribution is 2.14. The fourth-order valence-corrected chi connectivity index (χ4v) is 0.928. The van der Waals surface area contributed by atoms with Gasteiger partial charge in [0.2, 0.25) is 0 Å². The largest absolute Gasteiger partial charge is 0.480 e. The lowest BCUT2D eigenvalue weighted by molar-refractivity contribution is -0.135. The molecule has 0 saturated heterocycles. The Labute approximate surface area is 84.1 Å². The molecule has 0 spiro atoms. The average Bonchev–Trinajstić information content (AvgIpc) is 2.15. The van der Waals surface area contributed by atoms with Gasteiger partial charge in [0.05, 0.1) is 17.2 Å². The van der Waals surface area contributed by atoms with Crippen LogP contribution in [0, 0.1) is 4.91 Å². The van der Waals surface area contributed by atoms with E-state index < -0.39 is 12.5 Å². The molecular weight excluding hydrogens is 210 g/mol. The molecular formula is C7H6ClN3O3. The molecule has 0 atom stereocenters. The number of aliphatic carboxylic acids is 1. The molecule has 0 amide bonds. The van der Waals surface area contributed by atoms with E-state index in [0.717, 1.165) is 5.01 Å². The van der Waals surface area contributed by atoms with Crippen molar-refractivity contribution < 1.29 is 9.90 Å². The van der Waals surface area contributed by atoms with Crippen molar-refractivity contribution in [3.8, 4) is 0 Å². The van der Waals surface area contributed by atoms with E-state index in [0.29, 0.717) is 0 Å². The van der Waals surface area contributed by atoms with E-state index in [1.165, 1.54) is 18.3 Å². The lowest BCUT2D eigenvalue weighted by atomic mass is 10.4. The zero-order valence-corrected chi connectivity index (χ0v) is 7.68. The molecule has 14 heavy (non-hydrogen) atoms. The van der Waals surface area contributed by atoms with Crippen LogP contribution in [0.2, 0.25) is 5.15 Å². The van der Waals surface area contributed by atoms with Gasteiger partial charge in [-0.05, 0) is 12.1 Å². The molecule has 0 bridgehead atoms. The molecule has 1 aromatic heterocycles. The summed E-state index contributed by atoms with van der Waals surface area (Å²) in [4.78, 5) is 24.3. The first-order valence-electron chi connectivity index (χ1n) is 3.57. The lowest BCUT2D eigenvalue weighted by Crippen LogP contribution is -2.23. The number of nitrogens with zero attached hydrogens (tertiary/aromatic N) is 3. The Morgan fingerprint density at radius 3 is 2.79 bits per heavy atom. The number of hydrogen-bond acceptors (Lipinski definition) is 4. The van der Waals surface area contributed by atoms with Gasteiger partial charge in [0, 0.05) is 0 Å². The second-order valence-electron chi connectivity index (χ2n) is 2.37. The number of aromatic nitrogens is 1. The molecule has 0 aliphatic carbocycles. The third kappa shape index (κ3) is 2.67. The summed E-state index contributed by atoms with van der Waals surface area (Å²) in [6.45, 7) is -0.507. The van der Waals surface area contributed by atoms with Crippen LogP contribution in [0.25, 0.3) is 0 Å². The maximum absolute atomic E-state index is 10.3. The predicted octanol–water partition coefficient (Wildman–Crippen LogP) is 1.31. The molecule has 0 aromatic carbocycles. The first-order chi connectivity index (χ1) is 6.63. The summed E-state index contributed by atoms with van der Waals surface area (Å²) in [7, 11) is 0. The van der Waals surface area contributed by atoms with Crippen LogP contribution in [-0.2, 0) is 4.79 Å². The standard InChI is InChI=1S/C7H6ClN3O3/c8-6-2-1-5(3-9-6)11(10-14)4-7(12)13/h1-3H,4H2,(H,12,13). The number of hydrogen-bond donors (Lipinski definition) is 1. The molecule has 0 fully saturated rings. The highest BCUT2D eigenvalue weighted by molar-refractivity contribution is 6.29. The number of carbonyl (C=O) groups is 1. The normalized spacial score (nSPS) is 9.50. The van der Waals surface area contributed by atoms with Crippen LogP contribution < -0.4 is 5.01 Å². The third-order valence-corrected chi connectivity index (χ3v) is 1.62. The van der Waals surface area contributed by atoms with Gasteiger partial charge in [-0.25, -0.2) is 9.99 Å². The van der Waals surface area contributed by atoms with E-state index >= 15 is 0 Å². The minimum absolute atomic E-state index is 0.259. The molecule has 6 nitrogen and oxygen atoms in total. The van der Waals surface area contributed by atoms with Crippen molar-refractivity contribution in [1.82, 2.24) is 4.98 Å². The third-order valence-electron chi connectivity index (χ3n) is 1.39. The average molecular weight is 216 g/mol. The van der Waals surface area contributed by atoms with Crippen LogP contribution in [0.3, 0.4) is 0 Å². The quantitative estimate of drug-likeness (QED) is 0.465. The maximum atomic E-state index is 10.3. The van der Waals surface area contributed by atoms with Crippen molar-refractivity contribution in [2.75, 3.05) is 11.6 Å². The van der Waals surface area contributed by atoms with Gasteiger partial charge in [-0.3, -0.25) is 4.79 Å². The number of halogens is 1. The Balaban J connectivity index is 2.84. The van der Waals surface area contributed by atoms with Gasteiger partial charge in [-0.15, -0.1) is 4.91 Å². The zero-order valence-electron chi connectivity index (χ0n) is 6.92. The lowest BCUT2D eigenvalue weighted by Gasteiger charge is -2.11. The Bertz CT molecular complexity index is 341. The summed E-state index contributed by atoms with van der Waals surface area (Å²) >= 11 is 5.51. The van der Waals surface area contributed by atoms with Gasteiger partial charge >= 0.3 is 5.97 Å². The summed E-state index contributed by atoms with van der Waals surface area (Å²) in [5.74, 6) is -1.15. The van der Waals surface area contributed by atoms with E-state index in [-0.39, 0.29) is 10.8 Å². The molecule has 0 aliphatic rings. The second kappa shape index (κ2) is 4.52. The SMILES string of the molecule is O=NN(CC(=O)O)c1ccc(Cl)nc1. The number of nitroso groups, excluding NO2 is 1. The van der Waals surface area contributed by atoms with Crippen molar-refractivity contribution in [2.45, 2.75) is 0 Å². The monoisotopic (exact) mass is 215 g/mol. The summed E-state index contributed by atoms with van der Waals surface area (Å²) in [6.07, 6.45) is 1.27. The van der Waals surface area contributed by atoms with Crippen LogP contribution in [-0.4, -0.2) is 22.6 Å². The smallest absolute Gasteiger partial charge is 0.325 e. The number of pyridine rings is 1. The van der Waals surface area contributed by atoms with Gasteiger partial charge in [0.15, 0.2) is 0 Å². The number of carboxylic acids is 1. The molecule has 1 N–H and O–H groups in total. The Hall–Kier alpha value is -1.69. The van der Waals surface area contributed by atoms with E-state index in [9.17, 15) is 9.70 Å². The van der Waals surface area contributed by atoms with Gasteiger partial charge in [0.25, 0.3) is 0 Å². The molecule has 0 radical (unpaired) electrons. The molecule has 7 heteroatoms. The van der Waals surface area contributed by atoms with E-state index in [2.05, 4.69) is 10.3 Å². The van der Waals surface area contributed by atoms with Crippen LogP contribution in [0.5, 0.6) is 0 Å². The minimum Gasteiger partial charge on any atom is -0.480 e. The molecule has 1 rings (SSSR count). The van der Waals surface area contributed by atoms with Crippen LogP contribution >= 0.6 is 11.6 Å². The number of carboxylic acid groups (broad SMARTS) is 1. The zero-order chi connectivity index (χ0) is 10.6. The molecule has 0 aliphatic heterocycles. The fourth-order valence-electron chi connectivity index (χ4n) is 0.816. The number of anilines is 1. The van der Waals surface area contributed by atoms with Gasteiger partial charge in [-0.1, -0.05) is 11.6 Å². The molecule has 1 aromatic rings. The van der Waals surface area contributed by atoms with Crippen molar-refractivity contribution in [1.29, 1.82) is 0 Å². The van der Waals surface area contributed by atoms with Crippen LogP contribution in [0.4, 0.5) is 5.69 Å². The highest BCUT2D eigenvalue weighted by atomic mass is 35.5. The predicted molar refractivity (Wildman–Crippen MR) is 50.0 cm³/mol. The Morgan fingerprint density at radius 1 is 1.64 bits per heavy atom. The summed E-state index contributed by atoms with van der Waals surface area (Å²) in [6, 6.07) is 2.90. The summed E-state index contributed by atoms with van der Waals surface area (Å²) in [5, 5.41) is 12.0. The molecule has 74 valence electrons. The second-order valence-corrected chi connectivity index (χ2v) is 2.76. The van der Waals surface area contributed by atoms with E-state index in [4.69, 9.17) is 16.7 Å². The molecule has 0 saturated carbocycles. The summed E-state index contributed by atoms with van der Waals surface area (Å²) in [5.41, 5.74) is 0.284. The maximum Gasteiger partial charge on any atom is 0.325 e. The number of rotatable bonds is 4. The topological polar surface area (TPSA) is 82.9 Å². The van der Waals surface area contributed by atoms with Gasteiger partial charge < -0.3 is 5.11 Å². The highest BCUT2D eigenvalue weighted by Gasteiger charge is 2.10. The van der Waals surface area contributed by atoms with Crippen molar-refractivity contribution in [3.05, 3.63) is 28.4 Å². The first kappa shape index (κ1) is 10.4. The van der Waals surface area contributed by atoms with Gasteiger partial charge in [-0.2, -0.15) is 0 Å². The van der Waals surface area contributed by atoms with Crippen molar-refractivity contribution in [3.63, 3.8) is 0 Å². The van der Waals surface area contributed by atoms with Crippen molar-refractivity contribution in [2.24, 2.45) is 5.29 Å². The molecule has 1 heterocycles. The Kier molecular flexibility index (Phi) is 3.35. The van der Waals surface area contributed by atoms with E-state index in [1.807, 2.05) is 0 Å². The van der Waals surface area contributed by atoms with Gasteiger partial charge in [0.1, 0.15) is 11.7 Å². The first-order valence-corrected chi connectivity index (χ1v) is 3.95.